The molecule has 2 unspecified atom stereocenters. The van der Waals surface area contributed by atoms with Crippen LogP contribution in [0.2, 0.25) is 0 Å². The number of non-ortho nitro benzene ring substituents is 1. The van der Waals surface area contributed by atoms with Crippen LogP contribution in [0.3, 0.4) is 0 Å². The first kappa shape index (κ1) is 34.2. The Morgan fingerprint density at radius 3 is 2.27 bits per heavy atom. The number of likely N-dealkylation sites (N-methyl/N-ethyl adjacent to an activating group) is 1. The lowest BCUT2D eigenvalue weighted by molar-refractivity contribution is -0.383. The molecule has 230 valence electrons. The van der Waals surface area contributed by atoms with E-state index < -0.39 is 37.4 Å². The smallest absolute Gasteiger partial charge is 0.306 e. The monoisotopic (exact) mass is 602 g/mol. The molecule has 1 aromatic heterocycles. The molecule has 2 rings (SSSR count). The van der Waals surface area contributed by atoms with E-state index in [-0.39, 0.29) is 53.8 Å². The van der Waals surface area contributed by atoms with Crippen LogP contribution in [0.15, 0.2) is 16.8 Å². The molecule has 0 fully saturated rings. The third-order valence-corrected chi connectivity index (χ3v) is 7.20. The maximum Gasteiger partial charge on any atom is 0.306 e. The molecule has 2 atom stereocenters. The summed E-state index contributed by atoms with van der Waals surface area (Å²) in [6.07, 6.45) is 4.02. The number of fused-ring (bicyclic) bond motifs is 1. The second kappa shape index (κ2) is 16.5. The van der Waals surface area contributed by atoms with Crippen LogP contribution in [0.5, 0.6) is 0 Å². The van der Waals surface area contributed by atoms with Gasteiger partial charge in [0.15, 0.2) is 11.8 Å². The van der Waals surface area contributed by atoms with Gasteiger partial charge in [-0.15, -0.1) is 0 Å². The Hall–Kier alpha value is -2.97. The largest absolute Gasteiger partial charge is 0.756 e. The third kappa shape index (κ3) is 11.4. The Bertz CT molecular complexity index is 1200. The van der Waals surface area contributed by atoms with Crippen LogP contribution < -0.4 is 9.38 Å². The molecule has 0 spiro atoms. The molecule has 0 aliphatic rings. The van der Waals surface area contributed by atoms with Crippen molar-refractivity contribution < 1.29 is 47.1 Å². The second-order valence-electron chi connectivity index (χ2n) is 10.0. The molecule has 0 amide bonds. The fourth-order valence-corrected chi connectivity index (χ4v) is 4.58. The number of phosphoric acid groups is 1. The number of carbonyl (C=O) groups is 2. The third-order valence-electron chi connectivity index (χ3n) is 6.24. The maximum atomic E-state index is 12.5. The molecule has 0 radical (unpaired) electrons. The van der Waals surface area contributed by atoms with Crippen LogP contribution in [0.4, 0.5) is 11.4 Å². The van der Waals surface area contributed by atoms with Crippen molar-refractivity contribution in [2.75, 3.05) is 40.5 Å². The molecule has 0 aliphatic heterocycles. The first-order valence-electron chi connectivity index (χ1n) is 13.6. The highest BCUT2D eigenvalue weighted by Crippen LogP contribution is 2.39. The van der Waals surface area contributed by atoms with Crippen molar-refractivity contribution in [2.45, 2.75) is 71.3 Å². The number of quaternary nitrogens is 1. The molecule has 41 heavy (non-hydrogen) atoms. The highest BCUT2D eigenvalue weighted by atomic mass is 31.2. The number of nitro groups is 1. The first-order valence-corrected chi connectivity index (χ1v) is 15.0. The van der Waals surface area contributed by atoms with Gasteiger partial charge in [-0.2, -0.15) is 0 Å². The van der Waals surface area contributed by atoms with E-state index in [2.05, 4.69) is 10.3 Å². The van der Waals surface area contributed by atoms with Gasteiger partial charge < -0.3 is 23.4 Å². The Kier molecular flexibility index (Phi) is 13.7. The average molecular weight is 603 g/mol. The predicted molar refractivity (Wildman–Crippen MR) is 146 cm³/mol. The second-order valence-corrected chi connectivity index (χ2v) is 11.4. The van der Waals surface area contributed by atoms with E-state index >= 15 is 0 Å². The number of hydrogen-bond acceptors (Lipinski definition) is 13. The number of phosphoric ester groups is 1. The van der Waals surface area contributed by atoms with Crippen molar-refractivity contribution in [3.05, 3.63) is 22.2 Å². The quantitative estimate of drug-likeness (QED) is 0.0531. The summed E-state index contributed by atoms with van der Waals surface area (Å²) >= 11 is 0. The van der Waals surface area contributed by atoms with Crippen molar-refractivity contribution in [3.8, 4) is 0 Å². The molecule has 0 bridgehead atoms. The summed E-state index contributed by atoms with van der Waals surface area (Å²) in [6, 6.07) is 2.76. The summed E-state index contributed by atoms with van der Waals surface area (Å²) in [6.45, 7) is 2.84. The number of ether oxygens (including phenoxy) is 2. The summed E-state index contributed by atoms with van der Waals surface area (Å²) in [5.74, 6) is -1.03. The average Bonchev–Trinajstić information content (AvgIpc) is 3.39. The summed E-state index contributed by atoms with van der Waals surface area (Å²) in [7, 11) is -1.41. The van der Waals surface area contributed by atoms with Crippen LogP contribution in [-0.4, -0.2) is 73.7 Å². The van der Waals surface area contributed by atoms with Crippen molar-refractivity contribution in [3.63, 3.8) is 0 Å². The van der Waals surface area contributed by atoms with Crippen LogP contribution in [-0.2, 0) is 32.7 Å². The van der Waals surface area contributed by atoms with Crippen LogP contribution >= 0.6 is 7.82 Å². The lowest BCUT2D eigenvalue weighted by atomic mass is 10.2. The number of aromatic nitrogens is 2. The molecule has 2 aromatic rings. The van der Waals surface area contributed by atoms with E-state index in [0.29, 0.717) is 18.5 Å². The molecule has 0 saturated heterocycles. The van der Waals surface area contributed by atoms with E-state index in [1.54, 1.807) is 14.1 Å². The molecule has 16 heteroatoms. The summed E-state index contributed by atoms with van der Waals surface area (Å²) in [5.41, 5.74) is 0.358. The van der Waals surface area contributed by atoms with Gasteiger partial charge in [-0.1, -0.05) is 39.5 Å². The number of rotatable bonds is 20. The van der Waals surface area contributed by atoms with E-state index in [4.69, 9.17) is 23.2 Å². The van der Waals surface area contributed by atoms with Crippen molar-refractivity contribution in [1.82, 2.24) is 14.8 Å². The van der Waals surface area contributed by atoms with Gasteiger partial charge in [-0.3, -0.25) is 28.8 Å². The zero-order chi connectivity index (χ0) is 30.5. The zero-order valence-corrected chi connectivity index (χ0v) is 24.8. The van der Waals surface area contributed by atoms with Gasteiger partial charge in [0.25, 0.3) is 7.82 Å². The first-order chi connectivity index (χ1) is 19.4. The van der Waals surface area contributed by atoms with E-state index in [9.17, 15) is 29.2 Å². The Balaban J connectivity index is 1.96. The minimum atomic E-state index is -4.85. The number of carbonyl (C=O) groups excluding carboxylic acids is 2. The minimum Gasteiger partial charge on any atom is -0.756 e. The molecule has 1 heterocycles. The minimum absolute atomic E-state index is 0.0225. The lowest BCUT2D eigenvalue weighted by Crippen LogP contribution is -2.43. The molecule has 0 aliphatic carbocycles. The number of nitrogens with zero attached hydrogens (tertiary/aromatic N) is 4. The Morgan fingerprint density at radius 2 is 1.63 bits per heavy atom. The summed E-state index contributed by atoms with van der Waals surface area (Å²) in [5, 5.41) is 18.6. The molecule has 15 nitrogen and oxygen atoms in total. The Morgan fingerprint density at radius 1 is 1.00 bits per heavy atom. The van der Waals surface area contributed by atoms with Gasteiger partial charge in [0.2, 0.25) is 11.0 Å². The number of hydrogen-bond donors (Lipinski definition) is 0. The number of unbranched alkanes of at least 4 members (excludes halogenated alkanes) is 4. The lowest BCUT2D eigenvalue weighted by Gasteiger charge is -2.31. The number of nitro benzene ring substituents is 1. The highest BCUT2D eigenvalue weighted by molar-refractivity contribution is 7.45. The SMILES string of the molecule is CCCCCC(=O)OCC(COP(=O)([O-])OCC[N+](C)(C)c1ccc([N+](=O)[O-])c2nonc12)OC(=O)CCCCC. The normalized spacial score (nSPS) is 14.0. The fraction of sp³-hybridized carbons (Fsp3) is 0.680. The highest BCUT2D eigenvalue weighted by Gasteiger charge is 2.30. The topological polar surface area (TPSA) is 193 Å². The number of benzene rings is 1. The molecular formula is C25H39N4O11P. The molecule has 1 aromatic carbocycles. The Labute approximate surface area is 238 Å². The maximum absolute atomic E-state index is 12.5. The predicted octanol–water partition coefficient (Wildman–Crippen LogP) is 3.82. The zero-order valence-electron chi connectivity index (χ0n) is 23.9. The number of esters is 2. The van der Waals surface area contributed by atoms with E-state index in [1.165, 1.54) is 12.1 Å². The molecular weight excluding hydrogens is 563 g/mol. The van der Waals surface area contributed by atoms with E-state index in [0.717, 1.165) is 25.7 Å². The van der Waals surface area contributed by atoms with Crippen LogP contribution in [0.25, 0.3) is 11.0 Å². The standard InChI is InChI=1S/C25H39N4O11P/c1-5-7-9-11-22(30)36-17-19(39-23(31)12-10-8-6-2)18-38-41(34,35)37-16-15-29(3,4)21-14-13-20(28(32)33)24-25(21)27-40-26-24/h13-14,19H,5-12,15-18H2,1-4H3. The van der Waals surface area contributed by atoms with E-state index in [1.807, 2.05) is 13.8 Å². The van der Waals surface area contributed by atoms with Gasteiger partial charge in [0.1, 0.15) is 19.8 Å². The van der Waals surface area contributed by atoms with Gasteiger partial charge in [-0.25, -0.2) is 4.63 Å². The van der Waals surface area contributed by atoms with Gasteiger partial charge in [-0.05, 0) is 23.2 Å². The van der Waals surface area contributed by atoms with Crippen LogP contribution in [0.1, 0.15) is 65.2 Å². The van der Waals surface area contributed by atoms with Gasteiger partial charge >= 0.3 is 17.6 Å². The van der Waals surface area contributed by atoms with Gasteiger partial charge in [0, 0.05) is 25.0 Å². The summed E-state index contributed by atoms with van der Waals surface area (Å²) < 4.78 is 37.7. The van der Waals surface area contributed by atoms with Crippen molar-refractivity contribution in [2.24, 2.45) is 0 Å². The summed E-state index contributed by atoms with van der Waals surface area (Å²) in [4.78, 5) is 47.3. The van der Waals surface area contributed by atoms with Crippen molar-refractivity contribution in [1.29, 1.82) is 0 Å². The fourth-order valence-electron chi connectivity index (χ4n) is 3.85. The molecule has 0 N–H and O–H groups in total. The van der Waals surface area contributed by atoms with Crippen molar-refractivity contribution >= 4 is 42.2 Å². The van der Waals surface area contributed by atoms with Gasteiger partial charge in [0.05, 0.1) is 25.6 Å². The molecule has 0 saturated carbocycles. The van der Waals surface area contributed by atoms with Crippen LogP contribution in [0, 0.1) is 10.1 Å².